The fourth-order valence-corrected chi connectivity index (χ4v) is 3.27. The minimum Gasteiger partial charge on any atom is -0.487 e. The van der Waals surface area contributed by atoms with Crippen molar-refractivity contribution in [3.8, 4) is 5.75 Å². The number of pyridine rings is 2. The van der Waals surface area contributed by atoms with Gasteiger partial charge in [-0.3, -0.25) is 9.88 Å². The van der Waals surface area contributed by atoms with Gasteiger partial charge in [0.1, 0.15) is 18.2 Å². The first kappa shape index (κ1) is 17.5. The van der Waals surface area contributed by atoms with Gasteiger partial charge in [0.15, 0.2) is 0 Å². The van der Waals surface area contributed by atoms with Crippen LogP contribution in [0.25, 0.3) is 0 Å². The molecule has 2 aromatic heterocycles. The largest absolute Gasteiger partial charge is 0.487 e. The Balaban J connectivity index is 1.25. The molecule has 3 heterocycles. The zero-order valence-electron chi connectivity index (χ0n) is 15.4. The SMILES string of the molecule is c1ccc(COc2ccc(CN3CCN(c4ccccn4)CC3)cc2)nc1. The van der Waals surface area contributed by atoms with Crippen LogP contribution in [0.3, 0.4) is 0 Å². The van der Waals surface area contributed by atoms with Crippen LogP contribution in [-0.2, 0) is 13.2 Å². The van der Waals surface area contributed by atoms with Gasteiger partial charge in [0.25, 0.3) is 0 Å². The Morgan fingerprint density at radius 1 is 0.778 bits per heavy atom. The molecule has 1 aliphatic heterocycles. The first-order valence-corrected chi connectivity index (χ1v) is 9.37. The summed E-state index contributed by atoms with van der Waals surface area (Å²) >= 11 is 0. The van der Waals surface area contributed by atoms with Crippen LogP contribution >= 0.6 is 0 Å². The number of aromatic nitrogens is 2. The average Bonchev–Trinajstić information content (AvgIpc) is 2.75. The lowest BCUT2D eigenvalue weighted by Crippen LogP contribution is -2.46. The van der Waals surface area contributed by atoms with E-state index in [1.165, 1.54) is 5.56 Å². The molecule has 1 aromatic carbocycles. The summed E-state index contributed by atoms with van der Waals surface area (Å²) in [6.45, 7) is 5.60. The lowest BCUT2D eigenvalue weighted by Gasteiger charge is -2.35. The van der Waals surface area contributed by atoms with Gasteiger partial charge in [-0.1, -0.05) is 24.3 Å². The van der Waals surface area contributed by atoms with Crippen LogP contribution in [0.1, 0.15) is 11.3 Å². The summed E-state index contributed by atoms with van der Waals surface area (Å²) in [5.41, 5.74) is 2.25. The molecule has 0 N–H and O–H groups in total. The number of benzene rings is 1. The number of ether oxygens (including phenoxy) is 1. The molecular formula is C22H24N4O. The topological polar surface area (TPSA) is 41.5 Å². The molecule has 27 heavy (non-hydrogen) atoms. The summed E-state index contributed by atoms with van der Waals surface area (Å²) in [5, 5.41) is 0. The van der Waals surface area contributed by atoms with E-state index in [9.17, 15) is 0 Å². The van der Waals surface area contributed by atoms with Gasteiger partial charge in [0, 0.05) is 45.1 Å². The van der Waals surface area contributed by atoms with Crippen LogP contribution in [0, 0.1) is 0 Å². The molecular weight excluding hydrogens is 336 g/mol. The normalized spacial score (nSPS) is 14.9. The zero-order valence-corrected chi connectivity index (χ0v) is 15.4. The third kappa shape index (κ3) is 4.83. The van der Waals surface area contributed by atoms with Crippen LogP contribution in [0.4, 0.5) is 5.82 Å². The molecule has 0 aliphatic carbocycles. The van der Waals surface area contributed by atoms with Crippen molar-refractivity contribution in [3.05, 3.63) is 84.3 Å². The molecule has 1 fully saturated rings. The lowest BCUT2D eigenvalue weighted by molar-refractivity contribution is 0.249. The molecule has 0 amide bonds. The minimum absolute atomic E-state index is 0.496. The van der Waals surface area contributed by atoms with Gasteiger partial charge >= 0.3 is 0 Å². The summed E-state index contributed by atoms with van der Waals surface area (Å²) < 4.78 is 5.81. The maximum atomic E-state index is 5.81. The van der Waals surface area contributed by atoms with Crippen LogP contribution in [0.5, 0.6) is 5.75 Å². The Morgan fingerprint density at radius 2 is 1.52 bits per heavy atom. The van der Waals surface area contributed by atoms with Gasteiger partial charge in [0.05, 0.1) is 5.69 Å². The van der Waals surface area contributed by atoms with Crippen molar-refractivity contribution in [2.45, 2.75) is 13.2 Å². The molecule has 4 rings (SSSR count). The number of anilines is 1. The molecule has 0 radical (unpaired) electrons. The monoisotopic (exact) mass is 360 g/mol. The third-order valence-corrected chi connectivity index (χ3v) is 4.79. The minimum atomic E-state index is 0.496. The van der Waals surface area contributed by atoms with E-state index in [4.69, 9.17) is 4.74 Å². The fourth-order valence-electron chi connectivity index (χ4n) is 3.27. The zero-order chi connectivity index (χ0) is 18.3. The van der Waals surface area contributed by atoms with E-state index in [-0.39, 0.29) is 0 Å². The van der Waals surface area contributed by atoms with Crippen LogP contribution in [-0.4, -0.2) is 41.0 Å². The van der Waals surface area contributed by atoms with Crippen molar-refractivity contribution in [1.82, 2.24) is 14.9 Å². The van der Waals surface area contributed by atoms with Crippen LogP contribution < -0.4 is 9.64 Å². The molecule has 0 bridgehead atoms. The second-order valence-corrected chi connectivity index (χ2v) is 6.70. The van der Waals surface area contributed by atoms with E-state index in [2.05, 4.69) is 38.0 Å². The van der Waals surface area contributed by atoms with Crippen molar-refractivity contribution >= 4 is 5.82 Å². The standard InChI is InChI=1S/C22H24N4O/c1-3-11-23-20(5-1)18-27-21-9-7-19(8-10-21)17-25-13-15-26(16-14-25)22-6-2-4-12-24-22/h1-12H,13-18H2. The molecule has 0 spiro atoms. The van der Waals surface area contributed by atoms with Gasteiger partial charge in [-0.2, -0.15) is 0 Å². The lowest BCUT2D eigenvalue weighted by atomic mass is 10.2. The van der Waals surface area contributed by atoms with E-state index in [0.717, 1.165) is 50.0 Å². The molecule has 0 unspecified atom stereocenters. The summed E-state index contributed by atoms with van der Waals surface area (Å²) in [6.07, 6.45) is 3.65. The number of hydrogen-bond acceptors (Lipinski definition) is 5. The maximum Gasteiger partial charge on any atom is 0.130 e. The number of hydrogen-bond donors (Lipinski definition) is 0. The highest BCUT2D eigenvalue weighted by atomic mass is 16.5. The number of nitrogens with zero attached hydrogens (tertiary/aromatic N) is 4. The van der Waals surface area contributed by atoms with Gasteiger partial charge in [-0.15, -0.1) is 0 Å². The summed E-state index contributed by atoms with van der Waals surface area (Å²) in [4.78, 5) is 13.6. The van der Waals surface area contributed by atoms with Crippen LogP contribution in [0.2, 0.25) is 0 Å². The van der Waals surface area contributed by atoms with Crippen molar-refractivity contribution < 1.29 is 4.74 Å². The first-order valence-electron chi connectivity index (χ1n) is 9.37. The molecule has 1 saturated heterocycles. The van der Waals surface area contributed by atoms with E-state index in [1.807, 2.05) is 48.7 Å². The molecule has 5 heteroatoms. The summed E-state index contributed by atoms with van der Waals surface area (Å²) in [7, 11) is 0. The molecule has 138 valence electrons. The Bertz CT molecular complexity index is 816. The smallest absolute Gasteiger partial charge is 0.130 e. The van der Waals surface area contributed by atoms with E-state index < -0.39 is 0 Å². The van der Waals surface area contributed by atoms with Crippen molar-refractivity contribution in [2.24, 2.45) is 0 Å². The first-order chi connectivity index (χ1) is 13.4. The summed E-state index contributed by atoms with van der Waals surface area (Å²) in [6, 6.07) is 20.3. The van der Waals surface area contributed by atoms with Crippen molar-refractivity contribution in [2.75, 3.05) is 31.1 Å². The van der Waals surface area contributed by atoms with Crippen molar-refractivity contribution in [1.29, 1.82) is 0 Å². The number of rotatable bonds is 6. The Labute approximate surface area is 160 Å². The Kier molecular flexibility index (Phi) is 5.60. The molecule has 0 saturated carbocycles. The van der Waals surface area contributed by atoms with Gasteiger partial charge in [0.2, 0.25) is 0 Å². The second-order valence-electron chi connectivity index (χ2n) is 6.70. The van der Waals surface area contributed by atoms with Gasteiger partial charge in [-0.25, -0.2) is 4.98 Å². The quantitative estimate of drug-likeness (QED) is 0.674. The predicted octanol–water partition coefficient (Wildman–Crippen LogP) is 3.38. The van der Waals surface area contributed by atoms with Crippen molar-refractivity contribution in [3.63, 3.8) is 0 Å². The second kappa shape index (κ2) is 8.64. The van der Waals surface area contributed by atoms with E-state index >= 15 is 0 Å². The molecule has 5 nitrogen and oxygen atoms in total. The maximum absolute atomic E-state index is 5.81. The van der Waals surface area contributed by atoms with E-state index in [0.29, 0.717) is 6.61 Å². The average molecular weight is 360 g/mol. The predicted molar refractivity (Wildman–Crippen MR) is 107 cm³/mol. The highest BCUT2D eigenvalue weighted by Gasteiger charge is 2.17. The molecule has 1 aliphatic rings. The van der Waals surface area contributed by atoms with Crippen LogP contribution in [0.15, 0.2) is 73.1 Å². The Morgan fingerprint density at radius 3 is 2.19 bits per heavy atom. The number of piperazine rings is 1. The molecule has 3 aromatic rings. The summed E-state index contributed by atoms with van der Waals surface area (Å²) in [5.74, 6) is 1.95. The van der Waals surface area contributed by atoms with Gasteiger partial charge in [-0.05, 0) is 42.0 Å². The third-order valence-electron chi connectivity index (χ3n) is 4.79. The highest BCUT2D eigenvalue weighted by molar-refractivity contribution is 5.38. The van der Waals surface area contributed by atoms with E-state index in [1.54, 1.807) is 6.20 Å². The van der Waals surface area contributed by atoms with Gasteiger partial charge < -0.3 is 9.64 Å². The Hall–Kier alpha value is -2.92. The fraction of sp³-hybridized carbons (Fsp3) is 0.273. The highest BCUT2D eigenvalue weighted by Crippen LogP contribution is 2.17. The molecule has 0 atom stereocenters.